The number of carbonyl (C=O) groups excluding carboxylic acids is 2. The summed E-state index contributed by atoms with van der Waals surface area (Å²) in [5, 5.41) is 23.3. The van der Waals surface area contributed by atoms with Gasteiger partial charge in [0.25, 0.3) is 0 Å². The van der Waals surface area contributed by atoms with Crippen molar-refractivity contribution in [2.75, 3.05) is 13.2 Å². The minimum absolute atomic E-state index is 0.0132. The molecule has 6 heteroatoms. The molecule has 0 rings (SSSR count). The Kier molecular flexibility index (Phi) is 79.8. The van der Waals surface area contributed by atoms with Crippen LogP contribution in [-0.2, 0) is 14.3 Å². The van der Waals surface area contributed by atoms with Crippen molar-refractivity contribution in [3.63, 3.8) is 0 Å². The molecule has 0 aliphatic heterocycles. The number of hydrogen-bond donors (Lipinski definition) is 3. The molecule has 0 heterocycles. The Labute approximate surface area is 581 Å². The maximum Gasteiger partial charge on any atom is 0.305 e. The molecule has 0 saturated carbocycles. The Balaban J connectivity index is 3.39. The highest BCUT2D eigenvalue weighted by Gasteiger charge is 2.18. The van der Waals surface area contributed by atoms with Gasteiger partial charge in [-0.15, -0.1) is 0 Å². The standard InChI is InChI=1S/C87H163NO5/c1-3-5-7-9-11-13-15-17-19-21-23-24-40-44-47-51-55-59-63-67-71-75-79-85(90)84(83-89)88-86(91)80-76-72-68-64-60-56-52-48-45-41-38-36-34-32-30-28-26-25-27-29-31-33-35-37-39-42-46-50-54-58-62-66-70-74-78-82-93-87(92)81-77-73-69-65-61-57-53-49-43-22-20-18-16-14-12-10-8-6-4-2/h12,14,18,20,27,29,33,35,75,79,84-85,89-90H,3-11,13,15-17,19,21-26,28,30-32,34,36-74,76-78,80-83H2,1-2H3,(H,88,91)/b14-12-,20-18-,29-27-,35-33-,79-75+. The van der Waals surface area contributed by atoms with Crippen molar-refractivity contribution in [2.45, 2.75) is 469 Å². The fourth-order valence-electron chi connectivity index (χ4n) is 13.1. The van der Waals surface area contributed by atoms with Crippen molar-refractivity contribution in [3.05, 3.63) is 60.8 Å². The van der Waals surface area contributed by atoms with Crippen molar-refractivity contribution in [2.24, 2.45) is 0 Å². The van der Waals surface area contributed by atoms with Crippen LogP contribution >= 0.6 is 0 Å². The van der Waals surface area contributed by atoms with Gasteiger partial charge in [-0.05, 0) is 96.3 Å². The molecule has 3 N–H and O–H groups in total. The van der Waals surface area contributed by atoms with Gasteiger partial charge in [-0.2, -0.15) is 0 Å². The van der Waals surface area contributed by atoms with Crippen molar-refractivity contribution in [1.29, 1.82) is 0 Å². The number of aliphatic hydroxyl groups excluding tert-OH is 2. The third kappa shape index (κ3) is 78.4. The van der Waals surface area contributed by atoms with Gasteiger partial charge in [-0.25, -0.2) is 0 Å². The normalized spacial score (nSPS) is 12.8. The second-order valence-corrected chi connectivity index (χ2v) is 28.8. The van der Waals surface area contributed by atoms with Crippen LogP contribution in [0.15, 0.2) is 60.8 Å². The number of amides is 1. The van der Waals surface area contributed by atoms with Crippen LogP contribution in [0.1, 0.15) is 457 Å². The molecule has 2 unspecified atom stereocenters. The van der Waals surface area contributed by atoms with E-state index in [4.69, 9.17) is 4.74 Å². The first kappa shape index (κ1) is 90.6. The average molecular weight is 1300 g/mol. The van der Waals surface area contributed by atoms with Crippen molar-refractivity contribution < 1.29 is 24.5 Å². The van der Waals surface area contributed by atoms with E-state index in [1.165, 1.54) is 372 Å². The number of carbonyl (C=O) groups is 2. The van der Waals surface area contributed by atoms with Gasteiger partial charge in [0, 0.05) is 12.8 Å². The number of allylic oxidation sites excluding steroid dienone is 9. The predicted octanol–water partition coefficient (Wildman–Crippen LogP) is 28.1. The van der Waals surface area contributed by atoms with E-state index in [-0.39, 0.29) is 18.5 Å². The molecule has 0 saturated heterocycles. The quantitative estimate of drug-likeness (QED) is 0.0320. The molecule has 546 valence electrons. The van der Waals surface area contributed by atoms with Gasteiger partial charge in [0.2, 0.25) is 5.91 Å². The van der Waals surface area contributed by atoms with Crippen LogP contribution in [0.2, 0.25) is 0 Å². The molecule has 0 aromatic heterocycles. The van der Waals surface area contributed by atoms with Crippen molar-refractivity contribution in [1.82, 2.24) is 5.32 Å². The average Bonchev–Trinajstić information content (AvgIpc) is 3.65. The fourth-order valence-corrected chi connectivity index (χ4v) is 13.1. The minimum Gasteiger partial charge on any atom is -0.466 e. The molecule has 0 radical (unpaired) electrons. The first-order chi connectivity index (χ1) is 46.0. The maximum absolute atomic E-state index is 12.6. The number of rotatable bonds is 79. The van der Waals surface area contributed by atoms with Crippen molar-refractivity contribution in [3.8, 4) is 0 Å². The zero-order valence-corrected chi connectivity index (χ0v) is 62.8. The van der Waals surface area contributed by atoms with E-state index >= 15 is 0 Å². The highest BCUT2D eigenvalue weighted by Crippen LogP contribution is 2.20. The minimum atomic E-state index is -0.845. The molecule has 0 aromatic carbocycles. The summed E-state index contributed by atoms with van der Waals surface area (Å²) in [5.41, 5.74) is 0. The molecule has 1 amide bonds. The zero-order chi connectivity index (χ0) is 67.0. The molecule has 0 spiro atoms. The molecule has 0 fully saturated rings. The molecule has 0 aromatic rings. The Morgan fingerprint density at radius 2 is 0.538 bits per heavy atom. The third-order valence-electron chi connectivity index (χ3n) is 19.5. The zero-order valence-electron chi connectivity index (χ0n) is 62.8. The second-order valence-electron chi connectivity index (χ2n) is 28.8. The van der Waals surface area contributed by atoms with Gasteiger partial charge in [0.15, 0.2) is 0 Å². The number of unbranched alkanes of at least 4 members (excludes halogenated alkanes) is 60. The molecular weight excluding hydrogens is 1140 g/mol. The smallest absolute Gasteiger partial charge is 0.305 e. The third-order valence-corrected chi connectivity index (χ3v) is 19.5. The Hall–Kier alpha value is -2.44. The summed E-state index contributed by atoms with van der Waals surface area (Å²) in [7, 11) is 0. The summed E-state index contributed by atoms with van der Waals surface area (Å²) in [6, 6.07) is -0.628. The number of aliphatic hydroxyl groups is 2. The summed E-state index contributed by atoms with van der Waals surface area (Å²) in [6.45, 7) is 4.92. The molecule has 6 nitrogen and oxygen atoms in total. The van der Waals surface area contributed by atoms with Gasteiger partial charge in [0.05, 0.1) is 25.4 Å². The van der Waals surface area contributed by atoms with E-state index in [0.29, 0.717) is 19.4 Å². The second kappa shape index (κ2) is 82.0. The topological polar surface area (TPSA) is 95.9 Å². The number of ether oxygens (including phenoxy) is 1. The lowest BCUT2D eigenvalue weighted by Crippen LogP contribution is -2.45. The maximum atomic E-state index is 12.6. The lowest BCUT2D eigenvalue weighted by Gasteiger charge is -2.20. The summed E-state index contributed by atoms with van der Waals surface area (Å²) in [4.78, 5) is 24.7. The van der Waals surface area contributed by atoms with Crippen LogP contribution in [0.25, 0.3) is 0 Å². The van der Waals surface area contributed by atoms with E-state index < -0.39 is 12.1 Å². The molecule has 0 aliphatic carbocycles. The number of nitrogens with one attached hydrogen (secondary N) is 1. The van der Waals surface area contributed by atoms with Crippen LogP contribution < -0.4 is 5.32 Å². The first-order valence-electron chi connectivity index (χ1n) is 42.1. The van der Waals surface area contributed by atoms with E-state index in [0.717, 1.165) is 57.8 Å². The van der Waals surface area contributed by atoms with Gasteiger partial charge in [-0.1, -0.05) is 408 Å². The first-order valence-corrected chi connectivity index (χ1v) is 42.1. The largest absolute Gasteiger partial charge is 0.466 e. The highest BCUT2D eigenvalue weighted by atomic mass is 16.5. The van der Waals surface area contributed by atoms with Crippen LogP contribution in [-0.4, -0.2) is 47.4 Å². The van der Waals surface area contributed by atoms with Gasteiger partial charge >= 0.3 is 5.97 Å². The SMILES string of the molecule is CCCCC/C=C\C/C=C\CCCCCCCCCCCC(=O)OCCCCCCCCCCCCC/C=C\C/C=C\CCCCCCCCCCCCCCCCCCCC(=O)NC(CO)C(O)/C=C/CCCCCCCCCCCCCCCCCCCCCC. The Morgan fingerprint density at radius 1 is 0.301 bits per heavy atom. The van der Waals surface area contributed by atoms with E-state index in [1.54, 1.807) is 6.08 Å². The van der Waals surface area contributed by atoms with Gasteiger partial charge in [-0.3, -0.25) is 9.59 Å². The number of esters is 1. The van der Waals surface area contributed by atoms with Crippen LogP contribution in [0.4, 0.5) is 0 Å². The fraction of sp³-hybridized carbons (Fsp3) is 0.862. The van der Waals surface area contributed by atoms with E-state index in [1.807, 2.05) is 6.08 Å². The molecular formula is C87H163NO5. The van der Waals surface area contributed by atoms with Crippen LogP contribution in [0, 0.1) is 0 Å². The monoisotopic (exact) mass is 1300 g/mol. The summed E-state index contributed by atoms with van der Waals surface area (Å²) >= 11 is 0. The lowest BCUT2D eigenvalue weighted by molar-refractivity contribution is -0.143. The van der Waals surface area contributed by atoms with Crippen molar-refractivity contribution >= 4 is 11.9 Å². The molecule has 93 heavy (non-hydrogen) atoms. The summed E-state index contributed by atoms with van der Waals surface area (Å²) in [5.74, 6) is -0.0481. The highest BCUT2D eigenvalue weighted by molar-refractivity contribution is 5.76. The van der Waals surface area contributed by atoms with E-state index in [9.17, 15) is 19.8 Å². The van der Waals surface area contributed by atoms with Crippen LogP contribution in [0.3, 0.4) is 0 Å². The predicted molar refractivity (Wildman–Crippen MR) is 412 cm³/mol. The molecule has 0 aliphatic rings. The summed E-state index contributed by atoms with van der Waals surface area (Å²) in [6.07, 6.45) is 111. The number of hydrogen-bond acceptors (Lipinski definition) is 5. The molecule has 2 atom stereocenters. The molecule has 0 bridgehead atoms. The summed E-state index contributed by atoms with van der Waals surface area (Å²) < 4.78 is 5.51. The van der Waals surface area contributed by atoms with Gasteiger partial charge in [0.1, 0.15) is 0 Å². The lowest BCUT2D eigenvalue weighted by atomic mass is 10.0. The Morgan fingerprint density at radius 3 is 0.839 bits per heavy atom. The van der Waals surface area contributed by atoms with Gasteiger partial charge < -0.3 is 20.3 Å². The van der Waals surface area contributed by atoms with E-state index in [2.05, 4.69) is 67.8 Å². The Bertz CT molecular complexity index is 1600. The van der Waals surface area contributed by atoms with Crippen LogP contribution in [0.5, 0.6) is 0 Å².